The Hall–Kier alpha value is -3.11. The van der Waals surface area contributed by atoms with E-state index in [1.807, 2.05) is 0 Å². The number of nitrogens with zero attached hydrogens (tertiary/aromatic N) is 1. The number of esters is 1. The molecule has 0 saturated carbocycles. The summed E-state index contributed by atoms with van der Waals surface area (Å²) in [7, 11) is -1.01. The maximum Gasteiger partial charge on any atom is 0.338 e. The first kappa shape index (κ1) is 24.5. The van der Waals surface area contributed by atoms with Crippen LogP contribution in [-0.2, 0) is 19.6 Å². The molecule has 2 aromatic carbocycles. The van der Waals surface area contributed by atoms with Gasteiger partial charge in [0.15, 0.2) is 6.61 Å². The molecule has 0 unspecified atom stereocenters. The fourth-order valence-corrected chi connectivity index (χ4v) is 5.27. The standard InChI is InChI=1S/C23H28N2O7S/c1-30-19-10-6-5-9-18(19)24-22(26)16-32-23(27)17-11-12-20(31-2)21(15-17)33(28,29)25-13-7-3-4-8-14-25/h5-6,9-12,15H,3-4,7-8,13-14,16H2,1-2H3,(H,24,26). The van der Waals surface area contributed by atoms with Crippen LogP contribution < -0.4 is 14.8 Å². The van der Waals surface area contributed by atoms with Crippen molar-refractivity contribution in [3.63, 3.8) is 0 Å². The number of sulfonamides is 1. The number of hydrogen-bond donors (Lipinski definition) is 1. The highest BCUT2D eigenvalue weighted by molar-refractivity contribution is 7.89. The van der Waals surface area contributed by atoms with E-state index in [1.54, 1.807) is 24.3 Å². The van der Waals surface area contributed by atoms with Crippen LogP contribution in [0, 0.1) is 0 Å². The number of nitrogens with one attached hydrogen (secondary N) is 1. The molecule has 2 aromatic rings. The summed E-state index contributed by atoms with van der Waals surface area (Å²) in [5, 5.41) is 2.61. The van der Waals surface area contributed by atoms with E-state index in [4.69, 9.17) is 14.2 Å². The summed E-state index contributed by atoms with van der Waals surface area (Å²) in [6.45, 7) is 0.295. The molecule has 0 radical (unpaired) electrons. The average molecular weight is 477 g/mol. The number of rotatable bonds is 8. The Bertz CT molecular complexity index is 1090. The van der Waals surface area contributed by atoms with Crippen molar-refractivity contribution >= 4 is 27.6 Å². The fourth-order valence-electron chi connectivity index (χ4n) is 3.57. The fraction of sp³-hybridized carbons (Fsp3) is 0.391. The van der Waals surface area contributed by atoms with Crippen molar-refractivity contribution in [1.82, 2.24) is 4.31 Å². The number of anilines is 1. The van der Waals surface area contributed by atoms with Gasteiger partial charge in [-0.1, -0.05) is 25.0 Å². The van der Waals surface area contributed by atoms with Crippen LogP contribution in [-0.4, -0.2) is 58.5 Å². The normalized spacial score (nSPS) is 14.7. The molecule has 33 heavy (non-hydrogen) atoms. The van der Waals surface area contributed by atoms with Crippen molar-refractivity contribution in [3.05, 3.63) is 48.0 Å². The highest BCUT2D eigenvalue weighted by Crippen LogP contribution is 2.29. The van der Waals surface area contributed by atoms with Crippen LogP contribution in [0.3, 0.4) is 0 Å². The molecule has 1 amide bonds. The summed E-state index contributed by atoms with van der Waals surface area (Å²) < 4.78 is 43.4. The summed E-state index contributed by atoms with van der Waals surface area (Å²) in [5.74, 6) is -0.765. The Morgan fingerprint density at radius 2 is 1.61 bits per heavy atom. The number of para-hydroxylation sites is 2. The van der Waals surface area contributed by atoms with Gasteiger partial charge >= 0.3 is 5.97 Å². The summed E-state index contributed by atoms with van der Waals surface area (Å²) in [5.41, 5.74) is 0.450. The van der Waals surface area contributed by atoms with Gasteiger partial charge in [-0.3, -0.25) is 4.79 Å². The third-order valence-electron chi connectivity index (χ3n) is 5.30. The largest absolute Gasteiger partial charge is 0.495 e. The summed E-state index contributed by atoms with van der Waals surface area (Å²) in [6, 6.07) is 10.9. The predicted molar refractivity (Wildman–Crippen MR) is 122 cm³/mol. The number of methoxy groups -OCH3 is 2. The van der Waals surface area contributed by atoms with Gasteiger partial charge in [0.25, 0.3) is 5.91 Å². The molecule has 10 heteroatoms. The Balaban J connectivity index is 1.72. The first-order chi connectivity index (χ1) is 15.9. The lowest BCUT2D eigenvalue weighted by Gasteiger charge is -2.21. The van der Waals surface area contributed by atoms with E-state index in [1.165, 1.54) is 36.7 Å². The molecule has 1 aliphatic heterocycles. The summed E-state index contributed by atoms with van der Waals surface area (Å²) in [6.07, 6.45) is 3.52. The van der Waals surface area contributed by atoms with Crippen LogP contribution in [0.25, 0.3) is 0 Å². The lowest BCUT2D eigenvalue weighted by Crippen LogP contribution is -2.32. The Morgan fingerprint density at radius 1 is 0.939 bits per heavy atom. The number of carbonyl (C=O) groups is 2. The van der Waals surface area contributed by atoms with E-state index in [-0.39, 0.29) is 16.2 Å². The monoisotopic (exact) mass is 476 g/mol. The van der Waals surface area contributed by atoms with Gasteiger partial charge < -0.3 is 19.5 Å². The minimum atomic E-state index is -3.86. The molecule has 178 valence electrons. The molecular formula is C23H28N2O7S. The molecular weight excluding hydrogens is 448 g/mol. The minimum absolute atomic E-state index is 0.00860. The quantitative estimate of drug-likeness (QED) is 0.583. The number of amides is 1. The SMILES string of the molecule is COc1ccccc1NC(=O)COC(=O)c1ccc(OC)c(S(=O)(=O)N2CCCCCC2)c1. The molecule has 0 aliphatic carbocycles. The lowest BCUT2D eigenvalue weighted by molar-refractivity contribution is -0.119. The molecule has 0 aromatic heterocycles. The lowest BCUT2D eigenvalue weighted by atomic mass is 10.2. The molecule has 1 saturated heterocycles. The zero-order valence-corrected chi connectivity index (χ0v) is 19.5. The van der Waals surface area contributed by atoms with E-state index < -0.39 is 28.5 Å². The summed E-state index contributed by atoms with van der Waals surface area (Å²) >= 11 is 0. The number of carbonyl (C=O) groups excluding carboxylic acids is 2. The number of hydrogen-bond acceptors (Lipinski definition) is 7. The van der Waals surface area contributed by atoms with Crippen LogP contribution in [0.1, 0.15) is 36.0 Å². The van der Waals surface area contributed by atoms with Crippen LogP contribution in [0.4, 0.5) is 5.69 Å². The van der Waals surface area contributed by atoms with Gasteiger partial charge in [-0.25, -0.2) is 13.2 Å². The smallest absolute Gasteiger partial charge is 0.338 e. The van der Waals surface area contributed by atoms with E-state index in [0.717, 1.165) is 25.7 Å². The second-order valence-electron chi connectivity index (χ2n) is 7.51. The van der Waals surface area contributed by atoms with E-state index in [0.29, 0.717) is 24.5 Å². The topological polar surface area (TPSA) is 111 Å². The maximum atomic E-state index is 13.2. The second-order valence-corrected chi connectivity index (χ2v) is 9.41. The first-order valence-corrected chi connectivity index (χ1v) is 12.1. The zero-order valence-electron chi connectivity index (χ0n) is 18.7. The highest BCUT2D eigenvalue weighted by Gasteiger charge is 2.29. The highest BCUT2D eigenvalue weighted by atomic mass is 32.2. The van der Waals surface area contributed by atoms with Gasteiger partial charge in [0, 0.05) is 13.1 Å². The second kappa shape index (κ2) is 11.2. The zero-order chi connectivity index (χ0) is 23.8. The van der Waals surface area contributed by atoms with E-state index in [9.17, 15) is 18.0 Å². The molecule has 0 atom stereocenters. The third kappa shape index (κ3) is 6.02. The van der Waals surface area contributed by atoms with Gasteiger partial charge in [-0.2, -0.15) is 4.31 Å². The Labute approximate surface area is 193 Å². The first-order valence-electron chi connectivity index (χ1n) is 10.6. The van der Waals surface area contributed by atoms with E-state index in [2.05, 4.69) is 5.32 Å². The predicted octanol–water partition coefficient (Wildman–Crippen LogP) is 3.06. The van der Waals surface area contributed by atoms with Crippen molar-refractivity contribution < 1.29 is 32.2 Å². The molecule has 3 rings (SSSR count). The van der Waals surface area contributed by atoms with Crippen LogP contribution in [0.2, 0.25) is 0 Å². The van der Waals surface area contributed by atoms with Gasteiger partial charge in [0.2, 0.25) is 10.0 Å². The van der Waals surface area contributed by atoms with Gasteiger partial charge in [0.05, 0.1) is 25.5 Å². The van der Waals surface area contributed by atoms with Crippen LogP contribution >= 0.6 is 0 Å². The molecule has 0 bridgehead atoms. The van der Waals surface area contributed by atoms with Gasteiger partial charge in [-0.05, 0) is 43.2 Å². The van der Waals surface area contributed by atoms with Crippen molar-refractivity contribution in [2.45, 2.75) is 30.6 Å². The Kier molecular flexibility index (Phi) is 8.29. The maximum absolute atomic E-state index is 13.2. The van der Waals surface area contributed by atoms with E-state index >= 15 is 0 Å². The van der Waals surface area contributed by atoms with Gasteiger partial charge in [-0.15, -0.1) is 0 Å². The minimum Gasteiger partial charge on any atom is -0.495 e. The molecule has 0 spiro atoms. The number of ether oxygens (including phenoxy) is 3. The molecule has 9 nitrogen and oxygen atoms in total. The van der Waals surface area contributed by atoms with Gasteiger partial charge in [0.1, 0.15) is 16.4 Å². The molecule has 1 fully saturated rings. The molecule has 1 aliphatic rings. The summed E-state index contributed by atoms with van der Waals surface area (Å²) in [4.78, 5) is 24.7. The Morgan fingerprint density at radius 3 is 2.27 bits per heavy atom. The van der Waals surface area contributed by atoms with Crippen LogP contribution in [0.15, 0.2) is 47.4 Å². The van der Waals surface area contributed by atoms with Crippen LogP contribution in [0.5, 0.6) is 11.5 Å². The van der Waals surface area contributed by atoms with Crippen molar-refractivity contribution in [1.29, 1.82) is 0 Å². The third-order valence-corrected chi connectivity index (χ3v) is 7.22. The molecule has 1 heterocycles. The average Bonchev–Trinajstić information content (AvgIpc) is 3.13. The number of benzene rings is 2. The van der Waals surface area contributed by atoms with Crippen molar-refractivity contribution in [2.24, 2.45) is 0 Å². The molecule has 1 N–H and O–H groups in total. The van der Waals surface area contributed by atoms with Crippen molar-refractivity contribution in [2.75, 3.05) is 39.2 Å². The van der Waals surface area contributed by atoms with Crippen molar-refractivity contribution in [3.8, 4) is 11.5 Å².